The average Bonchev–Trinajstić information content (AvgIpc) is 2.95. The molecule has 0 bridgehead atoms. The quantitative estimate of drug-likeness (QED) is 0.229. The number of esters is 1. The van der Waals surface area contributed by atoms with Crippen LogP contribution in [0.3, 0.4) is 0 Å². The lowest BCUT2D eigenvalue weighted by molar-refractivity contribution is 0.0395. The van der Waals surface area contributed by atoms with Gasteiger partial charge in [0.25, 0.3) is 0 Å². The maximum atomic E-state index is 13.5. The molecule has 0 aliphatic heterocycles. The van der Waals surface area contributed by atoms with E-state index < -0.39 is 0 Å². The zero-order valence-corrected chi connectivity index (χ0v) is 21.0. The number of hydrogen-bond donors (Lipinski definition) is 1. The van der Waals surface area contributed by atoms with Crippen LogP contribution in [-0.2, 0) is 35.5 Å². The van der Waals surface area contributed by atoms with Crippen LogP contribution in [0.5, 0.6) is 0 Å². The van der Waals surface area contributed by atoms with E-state index in [-0.39, 0.29) is 17.9 Å². The molecule has 0 aromatic heterocycles. The molecule has 0 spiro atoms. The van der Waals surface area contributed by atoms with Crippen LogP contribution in [0.15, 0.2) is 103 Å². The van der Waals surface area contributed by atoms with Crippen molar-refractivity contribution in [3.63, 3.8) is 0 Å². The summed E-state index contributed by atoms with van der Waals surface area (Å²) in [4.78, 5) is 11.6. The minimum Gasteiger partial charge on any atom is -0.465 e. The van der Waals surface area contributed by atoms with E-state index in [1.54, 1.807) is 24.3 Å². The van der Waals surface area contributed by atoms with Gasteiger partial charge in [-0.15, -0.1) is 0 Å². The topological polar surface area (TPSA) is 47.6 Å². The van der Waals surface area contributed by atoms with Crippen molar-refractivity contribution >= 4 is 5.97 Å². The Labute approximate surface area is 218 Å². The first-order valence-corrected chi connectivity index (χ1v) is 12.5. The van der Waals surface area contributed by atoms with Crippen molar-refractivity contribution < 1.29 is 18.7 Å². The lowest BCUT2D eigenvalue weighted by atomic mass is 10.0. The molecule has 0 heterocycles. The largest absolute Gasteiger partial charge is 0.465 e. The van der Waals surface area contributed by atoms with Crippen molar-refractivity contribution in [1.29, 1.82) is 0 Å². The summed E-state index contributed by atoms with van der Waals surface area (Å²) in [5, 5.41) is 3.42. The van der Waals surface area contributed by atoms with Crippen LogP contribution in [0.4, 0.5) is 4.39 Å². The summed E-state index contributed by atoms with van der Waals surface area (Å²) >= 11 is 0. The van der Waals surface area contributed by atoms with Gasteiger partial charge in [0.2, 0.25) is 0 Å². The van der Waals surface area contributed by atoms with Gasteiger partial charge in [-0.05, 0) is 64.9 Å². The van der Waals surface area contributed by atoms with Crippen molar-refractivity contribution in [1.82, 2.24) is 5.32 Å². The van der Waals surface area contributed by atoms with Crippen molar-refractivity contribution in [3.05, 3.63) is 142 Å². The van der Waals surface area contributed by atoms with E-state index in [0.717, 1.165) is 29.5 Å². The number of benzene rings is 4. The molecule has 4 aromatic carbocycles. The van der Waals surface area contributed by atoms with Gasteiger partial charge in [-0.25, -0.2) is 9.18 Å². The van der Waals surface area contributed by atoms with Crippen molar-refractivity contribution in [3.8, 4) is 0 Å². The first kappa shape index (κ1) is 26.3. The van der Waals surface area contributed by atoms with Crippen LogP contribution >= 0.6 is 0 Å². The Morgan fingerprint density at radius 1 is 0.757 bits per heavy atom. The smallest absolute Gasteiger partial charge is 0.337 e. The molecule has 1 N–H and O–H groups in total. The predicted octanol–water partition coefficient (Wildman–Crippen LogP) is 6.45. The second-order valence-corrected chi connectivity index (χ2v) is 8.97. The number of ether oxygens (including phenoxy) is 2. The van der Waals surface area contributed by atoms with Crippen LogP contribution in [0.1, 0.15) is 44.3 Å². The van der Waals surface area contributed by atoms with Crippen LogP contribution in [0, 0.1) is 5.82 Å². The van der Waals surface area contributed by atoms with Crippen LogP contribution in [0.25, 0.3) is 0 Å². The third-order valence-electron chi connectivity index (χ3n) is 6.30. The summed E-state index contributed by atoms with van der Waals surface area (Å²) in [6.07, 6.45) is 1.77. The number of carbonyl (C=O) groups is 1. The highest BCUT2D eigenvalue weighted by molar-refractivity contribution is 5.89. The molecule has 0 saturated heterocycles. The van der Waals surface area contributed by atoms with Gasteiger partial charge in [-0.1, -0.05) is 78.9 Å². The monoisotopic (exact) mass is 497 g/mol. The normalized spacial score (nSPS) is 11.7. The number of rotatable bonds is 12. The van der Waals surface area contributed by atoms with Gasteiger partial charge in [0.1, 0.15) is 5.82 Å². The average molecular weight is 498 g/mol. The number of nitrogens with one attached hydrogen (secondary N) is 1. The van der Waals surface area contributed by atoms with E-state index in [0.29, 0.717) is 25.3 Å². The molecule has 4 rings (SSSR count). The number of carbonyl (C=O) groups excluding carboxylic acids is 1. The van der Waals surface area contributed by atoms with E-state index in [9.17, 15) is 9.18 Å². The standard InChI is InChI=1S/C32H32FNO3/c1-36-32(35)29-15-13-26(14-16-29)21-34-22-31(28-17-19-30(33)20-18-28)37-23-27-11-9-25(10-12-27)8-7-24-5-3-2-4-6-24/h2-6,9-20,31,34H,7-8,21-23H2,1H3. The van der Waals surface area contributed by atoms with Gasteiger partial charge >= 0.3 is 5.97 Å². The molecule has 0 saturated carbocycles. The summed E-state index contributed by atoms with van der Waals surface area (Å²) in [5.74, 6) is -0.624. The van der Waals surface area contributed by atoms with E-state index >= 15 is 0 Å². The summed E-state index contributed by atoms with van der Waals surface area (Å²) in [6, 6.07) is 32.8. The van der Waals surface area contributed by atoms with Gasteiger partial charge in [0.05, 0.1) is 25.4 Å². The fourth-order valence-electron chi connectivity index (χ4n) is 4.11. The number of methoxy groups -OCH3 is 1. The van der Waals surface area contributed by atoms with Crippen molar-refractivity contribution in [2.45, 2.75) is 32.1 Å². The zero-order valence-electron chi connectivity index (χ0n) is 21.0. The Bertz CT molecular complexity index is 1240. The maximum Gasteiger partial charge on any atom is 0.337 e. The van der Waals surface area contributed by atoms with E-state index in [4.69, 9.17) is 9.47 Å². The highest BCUT2D eigenvalue weighted by Gasteiger charge is 2.13. The lowest BCUT2D eigenvalue weighted by Gasteiger charge is -2.20. The third kappa shape index (κ3) is 8.10. The highest BCUT2D eigenvalue weighted by atomic mass is 19.1. The molecular weight excluding hydrogens is 465 g/mol. The van der Waals surface area contributed by atoms with Crippen LogP contribution in [-0.4, -0.2) is 19.6 Å². The Morgan fingerprint density at radius 3 is 2.00 bits per heavy atom. The molecule has 190 valence electrons. The first-order valence-electron chi connectivity index (χ1n) is 12.5. The zero-order chi connectivity index (χ0) is 25.9. The molecule has 1 atom stereocenters. The van der Waals surface area contributed by atoms with Gasteiger partial charge in [-0.3, -0.25) is 0 Å². The minimum absolute atomic E-state index is 0.243. The van der Waals surface area contributed by atoms with Crippen molar-refractivity contribution in [2.75, 3.05) is 13.7 Å². The molecular formula is C32H32FNO3. The molecule has 1 unspecified atom stereocenters. The van der Waals surface area contributed by atoms with Crippen LogP contribution in [0.2, 0.25) is 0 Å². The molecule has 0 aliphatic rings. The molecule has 5 heteroatoms. The Balaban J connectivity index is 1.32. The summed E-state index contributed by atoms with van der Waals surface area (Å²) in [5.41, 5.74) is 6.19. The molecule has 37 heavy (non-hydrogen) atoms. The van der Waals surface area contributed by atoms with Gasteiger partial charge < -0.3 is 14.8 Å². The van der Waals surface area contributed by atoms with Gasteiger partial charge in [0, 0.05) is 13.1 Å². The van der Waals surface area contributed by atoms with Crippen molar-refractivity contribution in [2.24, 2.45) is 0 Å². The van der Waals surface area contributed by atoms with Crippen LogP contribution < -0.4 is 5.32 Å². The summed E-state index contributed by atoms with van der Waals surface area (Å²) < 4.78 is 24.5. The van der Waals surface area contributed by atoms with E-state index in [1.165, 1.54) is 30.4 Å². The minimum atomic E-state index is -0.353. The maximum absolute atomic E-state index is 13.5. The summed E-state index contributed by atoms with van der Waals surface area (Å²) in [7, 11) is 1.37. The SMILES string of the molecule is COC(=O)c1ccc(CNCC(OCc2ccc(CCc3ccccc3)cc2)c2ccc(F)cc2)cc1. The molecule has 0 fully saturated rings. The predicted molar refractivity (Wildman–Crippen MR) is 144 cm³/mol. The highest BCUT2D eigenvalue weighted by Crippen LogP contribution is 2.20. The number of halogens is 1. The first-order chi connectivity index (χ1) is 18.1. The fourth-order valence-corrected chi connectivity index (χ4v) is 4.11. The summed E-state index contributed by atoms with van der Waals surface area (Å²) in [6.45, 7) is 1.62. The Kier molecular flexibility index (Phi) is 9.58. The van der Waals surface area contributed by atoms with Gasteiger partial charge in [-0.2, -0.15) is 0 Å². The third-order valence-corrected chi connectivity index (χ3v) is 6.30. The molecule has 0 aliphatic carbocycles. The Morgan fingerprint density at radius 2 is 1.35 bits per heavy atom. The second kappa shape index (κ2) is 13.5. The molecule has 4 aromatic rings. The molecule has 4 nitrogen and oxygen atoms in total. The molecule has 0 radical (unpaired) electrons. The lowest BCUT2D eigenvalue weighted by Crippen LogP contribution is -2.23. The fraction of sp³-hybridized carbons (Fsp3) is 0.219. The van der Waals surface area contributed by atoms with E-state index in [1.807, 2.05) is 18.2 Å². The van der Waals surface area contributed by atoms with Gasteiger partial charge in [0.15, 0.2) is 0 Å². The number of hydrogen-bond acceptors (Lipinski definition) is 4. The second-order valence-electron chi connectivity index (χ2n) is 8.97. The van der Waals surface area contributed by atoms with E-state index in [2.05, 4.69) is 53.8 Å². The number of aryl methyl sites for hydroxylation is 2. The molecule has 0 amide bonds. The Hall–Kier alpha value is -3.80.